The summed E-state index contributed by atoms with van der Waals surface area (Å²) < 4.78 is 4.98. The fraction of sp³-hybridized carbons (Fsp3) is 0.471. The molecule has 0 saturated carbocycles. The molecule has 1 aromatic carbocycles. The van der Waals surface area contributed by atoms with E-state index < -0.39 is 0 Å². The van der Waals surface area contributed by atoms with Gasteiger partial charge in [0, 0.05) is 40.3 Å². The number of piperazine rings is 1. The molecule has 0 aromatic heterocycles. The molecule has 8 nitrogen and oxygen atoms in total. The molecule has 0 bridgehead atoms. The zero-order chi connectivity index (χ0) is 18.4. The molecule has 136 valence electrons. The van der Waals surface area contributed by atoms with E-state index in [1.165, 1.54) is 4.90 Å². The minimum absolute atomic E-state index is 0.168. The van der Waals surface area contributed by atoms with Crippen LogP contribution in [-0.4, -0.2) is 79.6 Å². The van der Waals surface area contributed by atoms with Crippen LogP contribution >= 0.6 is 0 Å². The molecule has 1 fully saturated rings. The molecule has 0 unspecified atom stereocenters. The summed E-state index contributed by atoms with van der Waals surface area (Å²) in [5, 5.41) is 2.73. The Hall–Kier alpha value is -2.77. The number of rotatable bonds is 3. The first-order valence-electron chi connectivity index (χ1n) is 8.22. The predicted molar refractivity (Wildman–Crippen MR) is 93.6 cm³/mol. The molecule has 1 saturated heterocycles. The van der Waals surface area contributed by atoms with Crippen molar-refractivity contribution >= 4 is 23.7 Å². The normalized spacial score (nSPS) is 14.0. The minimum Gasteiger partial charge on any atom is -0.450 e. The maximum Gasteiger partial charge on any atom is 0.409 e. The SMILES string of the molecule is CCOC(=O)N1CCN(C(=O)c2ccccc2NC(=O)N(C)C)CC1. The molecular formula is C17H24N4O4. The second-order valence-corrected chi connectivity index (χ2v) is 5.85. The van der Waals surface area contributed by atoms with Crippen molar-refractivity contribution in [1.82, 2.24) is 14.7 Å². The topological polar surface area (TPSA) is 82.2 Å². The average Bonchev–Trinajstić information content (AvgIpc) is 2.62. The smallest absolute Gasteiger partial charge is 0.409 e. The number of carbonyl (C=O) groups excluding carboxylic acids is 3. The first-order chi connectivity index (χ1) is 11.9. The van der Waals surface area contributed by atoms with Crippen molar-refractivity contribution < 1.29 is 19.1 Å². The van der Waals surface area contributed by atoms with E-state index in [1.807, 2.05) is 0 Å². The zero-order valence-corrected chi connectivity index (χ0v) is 14.8. The van der Waals surface area contributed by atoms with Crippen LogP contribution in [0, 0.1) is 0 Å². The number of nitrogens with zero attached hydrogens (tertiary/aromatic N) is 3. The number of urea groups is 1. The highest BCUT2D eigenvalue weighted by Gasteiger charge is 2.26. The summed E-state index contributed by atoms with van der Waals surface area (Å²) in [5.74, 6) is -0.168. The highest BCUT2D eigenvalue weighted by atomic mass is 16.6. The van der Waals surface area contributed by atoms with E-state index in [0.717, 1.165) is 0 Å². The van der Waals surface area contributed by atoms with E-state index in [2.05, 4.69) is 5.32 Å². The Bertz CT molecular complexity index is 639. The number of carbonyl (C=O) groups is 3. The Morgan fingerprint density at radius 1 is 1.08 bits per heavy atom. The van der Waals surface area contributed by atoms with Crippen molar-refractivity contribution in [3.8, 4) is 0 Å². The summed E-state index contributed by atoms with van der Waals surface area (Å²) in [6.07, 6.45) is -0.353. The van der Waals surface area contributed by atoms with Gasteiger partial charge in [-0.15, -0.1) is 0 Å². The van der Waals surface area contributed by atoms with Gasteiger partial charge in [-0.3, -0.25) is 4.79 Å². The van der Waals surface area contributed by atoms with Crippen LogP contribution in [0.2, 0.25) is 0 Å². The molecule has 1 aliphatic rings. The number of amides is 4. The fourth-order valence-electron chi connectivity index (χ4n) is 2.48. The van der Waals surface area contributed by atoms with Crippen molar-refractivity contribution in [3.05, 3.63) is 29.8 Å². The third-order valence-electron chi connectivity index (χ3n) is 3.90. The summed E-state index contributed by atoms with van der Waals surface area (Å²) in [5.41, 5.74) is 0.904. The van der Waals surface area contributed by atoms with E-state index in [4.69, 9.17) is 4.74 Å². The van der Waals surface area contributed by atoms with Gasteiger partial charge in [-0.25, -0.2) is 9.59 Å². The van der Waals surface area contributed by atoms with E-state index in [1.54, 1.807) is 55.1 Å². The van der Waals surface area contributed by atoms with Crippen LogP contribution in [0.15, 0.2) is 24.3 Å². The summed E-state index contributed by atoms with van der Waals surface area (Å²) >= 11 is 0. The Labute approximate surface area is 147 Å². The summed E-state index contributed by atoms with van der Waals surface area (Å²) in [4.78, 5) is 41.1. The molecule has 1 aromatic rings. The van der Waals surface area contributed by atoms with Crippen LogP contribution in [0.4, 0.5) is 15.3 Å². The maximum atomic E-state index is 12.8. The molecule has 0 aliphatic carbocycles. The van der Waals surface area contributed by atoms with E-state index in [-0.39, 0.29) is 18.0 Å². The molecule has 25 heavy (non-hydrogen) atoms. The number of benzene rings is 1. The predicted octanol–water partition coefficient (Wildman–Crippen LogP) is 1.69. The minimum atomic E-state index is -0.353. The monoisotopic (exact) mass is 348 g/mol. The first-order valence-corrected chi connectivity index (χ1v) is 8.22. The molecular weight excluding hydrogens is 324 g/mol. The lowest BCUT2D eigenvalue weighted by atomic mass is 10.1. The average molecular weight is 348 g/mol. The molecule has 1 aliphatic heterocycles. The van der Waals surface area contributed by atoms with Crippen molar-refractivity contribution in [2.45, 2.75) is 6.92 Å². The van der Waals surface area contributed by atoms with Crippen molar-refractivity contribution in [2.75, 3.05) is 52.2 Å². The van der Waals surface area contributed by atoms with Gasteiger partial charge in [0.15, 0.2) is 0 Å². The van der Waals surface area contributed by atoms with Gasteiger partial charge in [0.25, 0.3) is 5.91 Å². The fourth-order valence-corrected chi connectivity index (χ4v) is 2.48. The summed E-state index contributed by atoms with van der Waals surface area (Å²) in [6, 6.07) is 6.61. The molecule has 1 heterocycles. The van der Waals surface area contributed by atoms with Crippen LogP contribution < -0.4 is 5.32 Å². The Balaban J connectivity index is 2.04. The van der Waals surface area contributed by atoms with Gasteiger partial charge in [-0.2, -0.15) is 0 Å². The molecule has 0 atom stereocenters. The third-order valence-corrected chi connectivity index (χ3v) is 3.90. The van der Waals surface area contributed by atoms with Crippen LogP contribution in [-0.2, 0) is 4.74 Å². The Morgan fingerprint density at radius 3 is 2.28 bits per heavy atom. The molecule has 1 N–H and O–H groups in total. The van der Waals surface area contributed by atoms with Gasteiger partial charge < -0.3 is 24.8 Å². The number of anilines is 1. The van der Waals surface area contributed by atoms with Crippen LogP contribution in [0.1, 0.15) is 17.3 Å². The van der Waals surface area contributed by atoms with Gasteiger partial charge in [-0.1, -0.05) is 12.1 Å². The second kappa shape index (κ2) is 8.36. The number of para-hydroxylation sites is 1. The third kappa shape index (κ3) is 4.62. The standard InChI is InChI=1S/C17H24N4O4/c1-4-25-17(24)21-11-9-20(10-12-21)15(22)13-7-5-6-8-14(13)18-16(23)19(2)3/h5-8H,4,9-12H2,1-3H3,(H,18,23). The quantitative estimate of drug-likeness (QED) is 0.901. The second-order valence-electron chi connectivity index (χ2n) is 5.85. The Morgan fingerprint density at radius 2 is 1.68 bits per heavy atom. The number of nitrogens with one attached hydrogen (secondary N) is 1. The highest BCUT2D eigenvalue weighted by Crippen LogP contribution is 2.19. The van der Waals surface area contributed by atoms with Crippen molar-refractivity contribution in [1.29, 1.82) is 0 Å². The maximum absolute atomic E-state index is 12.8. The van der Waals surface area contributed by atoms with E-state index in [0.29, 0.717) is 44.0 Å². The number of hydrogen-bond donors (Lipinski definition) is 1. The van der Waals surface area contributed by atoms with Gasteiger partial charge in [0.05, 0.1) is 17.9 Å². The molecule has 2 rings (SSSR count). The molecule has 0 spiro atoms. The lowest BCUT2D eigenvalue weighted by Crippen LogP contribution is -2.50. The largest absolute Gasteiger partial charge is 0.450 e. The Kier molecular flexibility index (Phi) is 6.21. The summed E-state index contributed by atoms with van der Waals surface area (Å²) in [6.45, 7) is 3.79. The first kappa shape index (κ1) is 18.6. The van der Waals surface area contributed by atoms with Crippen molar-refractivity contribution in [2.24, 2.45) is 0 Å². The molecule has 8 heteroatoms. The van der Waals surface area contributed by atoms with Gasteiger partial charge >= 0.3 is 12.1 Å². The highest BCUT2D eigenvalue weighted by molar-refractivity contribution is 6.03. The molecule has 4 amide bonds. The lowest BCUT2D eigenvalue weighted by Gasteiger charge is -2.34. The van der Waals surface area contributed by atoms with Crippen LogP contribution in [0.25, 0.3) is 0 Å². The van der Waals surface area contributed by atoms with E-state index >= 15 is 0 Å². The van der Waals surface area contributed by atoms with Gasteiger partial charge in [-0.05, 0) is 19.1 Å². The number of hydrogen-bond acceptors (Lipinski definition) is 4. The lowest BCUT2D eigenvalue weighted by molar-refractivity contribution is 0.0571. The van der Waals surface area contributed by atoms with Gasteiger partial charge in [0.2, 0.25) is 0 Å². The summed E-state index contributed by atoms with van der Waals surface area (Å²) in [7, 11) is 3.27. The van der Waals surface area contributed by atoms with Crippen LogP contribution in [0.3, 0.4) is 0 Å². The zero-order valence-electron chi connectivity index (χ0n) is 14.8. The van der Waals surface area contributed by atoms with Crippen molar-refractivity contribution in [3.63, 3.8) is 0 Å². The van der Waals surface area contributed by atoms with E-state index in [9.17, 15) is 14.4 Å². The van der Waals surface area contributed by atoms with Gasteiger partial charge in [0.1, 0.15) is 0 Å². The van der Waals surface area contributed by atoms with Crippen LogP contribution in [0.5, 0.6) is 0 Å². The number of ether oxygens (including phenoxy) is 1. The molecule has 0 radical (unpaired) electrons.